The number of halogens is 1. The van der Waals surface area contributed by atoms with Crippen molar-refractivity contribution in [2.75, 3.05) is 5.32 Å². The van der Waals surface area contributed by atoms with E-state index in [1.807, 2.05) is 31.2 Å². The number of aromatic hydroxyl groups is 1. The van der Waals surface area contributed by atoms with Gasteiger partial charge in [-0.25, -0.2) is 0 Å². The topological polar surface area (TPSA) is 66.4 Å². The first-order valence-electron chi connectivity index (χ1n) is 9.43. The lowest BCUT2D eigenvalue weighted by molar-refractivity contribution is 0.0972. The fourth-order valence-corrected chi connectivity index (χ4v) is 3.32. The summed E-state index contributed by atoms with van der Waals surface area (Å²) in [6, 6.07) is 21.1. The number of ketones is 2. The van der Waals surface area contributed by atoms with Crippen molar-refractivity contribution in [3.05, 3.63) is 94.0 Å². The van der Waals surface area contributed by atoms with Crippen LogP contribution in [0.15, 0.2) is 77.3 Å². The minimum Gasteiger partial charge on any atom is -0.508 e. The number of rotatable bonds is 8. The molecule has 29 heavy (non-hydrogen) atoms. The molecule has 0 aliphatic rings. The fourth-order valence-electron chi connectivity index (χ4n) is 3.06. The van der Waals surface area contributed by atoms with E-state index in [1.54, 1.807) is 48.5 Å². The molecule has 3 aromatic rings. The standard InChI is InChI=1S/C24H22BrNO3/c1-2-23(28)17-5-11-20(12-6-17)26-22(16-7-13-21(27)14-8-16)15-24(29)18-3-9-19(25)10-4-18/h3-14,22,26-27H,2,15H2,1H3/t22-/m1/s1. The van der Waals surface area contributed by atoms with E-state index in [1.165, 1.54) is 0 Å². The van der Waals surface area contributed by atoms with Crippen LogP contribution in [-0.4, -0.2) is 16.7 Å². The van der Waals surface area contributed by atoms with Gasteiger partial charge in [-0.3, -0.25) is 9.59 Å². The number of benzene rings is 3. The molecule has 148 valence electrons. The molecule has 0 saturated heterocycles. The van der Waals surface area contributed by atoms with Crippen LogP contribution in [-0.2, 0) is 0 Å². The fraction of sp³-hybridized carbons (Fsp3) is 0.167. The number of hydrogen-bond donors (Lipinski definition) is 2. The molecular weight excluding hydrogens is 430 g/mol. The van der Waals surface area contributed by atoms with Gasteiger partial charge in [0.1, 0.15) is 5.75 Å². The second kappa shape index (κ2) is 9.52. The van der Waals surface area contributed by atoms with Gasteiger partial charge in [0.25, 0.3) is 0 Å². The van der Waals surface area contributed by atoms with Crippen LogP contribution in [0, 0.1) is 0 Å². The Morgan fingerprint density at radius 1 is 0.862 bits per heavy atom. The summed E-state index contributed by atoms with van der Waals surface area (Å²) in [6.07, 6.45) is 0.715. The molecule has 0 spiro atoms. The molecule has 1 atom stereocenters. The first-order valence-corrected chi connectivity index (χ1v) is 10.2. The smallest absolute Gasteiger partial charge is 0.165 e. The highest BCUT2D eigenvalue weighted by Crippen LogP contribution is 2.27. The number of anilines is 1. The molecule has 0 radical (unpaired) electrons. The molecule has 0 fully saturated rings. The van der Waals surface area contributed by atoms with Crippen LogP contribution in [0.4, 0.5) is 5.69 Å². The largest absolute Gasteiger partial charge is 0.508 e. The number of Topliss-reactive ketones (excluding diaryl/α,β-unsaturated/α-hetero) is 2. The van der Waals surface area contributed by atoms with Crippen LogP contribution in [0.1, 0.15) is 52.1 Å². The minimum atomic E-state index is -0.278. The van der Waals surface area contributed by atoms with Gasteiger partial charge >= 0.3 is 0 Å². The minimum absolute atomic E-state index is 0.0147. The summed E-state index contributed by atoms with van der Waals surface area (Å²) >= 11 is 3.38. The molecule has 0 saturated carbocycles. The number of nitrogens with one attached hydrogen (secondary N) is 1. The third kappa shape index (κ3) is 5.55. The number of phenolic OH excluding ortho intramolecular Hbond substituents is 1. The van der Waals surface area contributed by atoms with Crippen molar-refractivity contribution < 1.29 is 14.7 Å². The van der Waals surface area contributed by atoms with Crippen molar-refractivity contribution in [3.8, 4) is 5.75 Å². The van der Waals surface area contributed by atoms with E-state index in [4.69, 9.17) is 0 Å². The molecular formula is C24H22BrNO3. The summed E-state index contributed by atoms with van der Waals surface area (Å²) in [5.41, 5.74) is 3.02. The van der Waals surface area contributed by atoms with Gasteiger partial charge in [-0.2, -0.15) is 0 Å². The molecule has 2 N–H and O–H groups in total. The Balaban J connectivity index is 1.83. The van der Waals surface area contributed by atoms with Gasteiger partial charge < -0.3 is 10.4 Å². The molecule has 0 unspecified atom stereocenters. The first-order chi connectivity index (χ1) is 14.0. The summed E-state index contributed by atoms with van der Waals surface area (Å²) < 4.78 is 0.920. The molecule has 0 aliphatic heterocycles. The Morgan fingerprint density at radius 2 is 1.41 bits per heavy atom. The second-order valence-corrected chi connectivity index (χ2v) is 7.69. The lowest BCUT2D eigenvalue weighted by Crippen LogP contribution is -2.16. The van der Waals surface area contributed by atoms with Crippen molar-refractivity contribution in [2.24, 2.45) is 0 Å². The molecule has 5 heteroatoms. The zero-order chi connectivity index (χ0) is 20.8. The van der Waals surface area contributed by atoms with E-state index < -0.39 is 0 Å². The zero-order valence-corrected chi connectivity index (χ0v) is 17.6. The summed E-state index contributed by atoms with van der Waals surface area (Å²) in [6.45, 7) is 1.84. The molecule has 4 nitrogen and oxygen atoms in total. The lowest BCUT2D eigenvalue weighted by Gasteiger charge is -2.20. The molecule has 3 aromatic carbocycles. The van der Waals surface area contributed by atoms with Gasteiger partial charge in [-0.05, 0) is 54.1 Å². The van der Waals surface area contributed by atoms with Gasteiger partial charge in [0.2, 0.25) is 0 Å². The number of hydrogen-bond acceptors (Lipinski definition) is 4. The second-order valence-electron chi connectivity index (χ2n) is 6.78. The lowest BCUT2D eigenvalue weighted by atomic mass is 9.97. The highest BCUT2D eigenvalue weighted by molar-refractivity contribution is 9.10. The predicted molar refractivity (Wildman–Crippen MR) is 119 cm³/mol. The van der Waals surface area contributed by atoms with Crippen molar-refractivity contribution in [1.29, 1.82) is 0 Å². The Bertz CT molecular complexity index is 980. The molecule has 0 heterocycles. The summed E-state index contributed by atoms with van der Waals surface area (Å²) in [5, 5.41) is 13.0. The maximum absolute atomic E-state index is 12.8. The maximum Gasteiger partial charge on any atom is 0.165 e. The molecule has 0 aromatic heterocycles. The predicted octanol–water partition coefficient (Wildman–Crippen LogP) is 6.17. The van der Waals surface area contributed by atoms with Crippen molar-refractivity contribution in [1.82, 2.24) is 0 Å². The van der Waals surface area contributed by atoms with Crippen LogP contribution in [0.5, 0.6) is 5.75 Å². The Labute approximate surface area is 178 Å². The van der Waals surface area contributed by atoms with Gasteiger partial charge in [-0.15, -0.1) is 0 Å². The third-order valence-electron chi connectivity index (χ3n) is 4.72. The van der Waals surface area contributed by atoms with Gasteiger partial charge in [0, 0.05) is 34.1 Å². The van der Waals surface area contributed by atoms with Crippen LogP contribution in [0.25, 0.3) is 0 Å². The molecule has 0 aliphatic carbocycles. The number of carbonyl (C=O) groups excluding carboxylic acids is 2. The van der Waals surface area contributed by atoms with Gasteiger partial charge in [0.15, 0.2) is 11.6 Å². The summed E-state index contributed by atoms with van der Waals surface area (Å²) in [5.74, 6) is 0.284. The average Bonchev–Trinajstić information content (AvgIpc) is 2.74. The van der Waals surface area contributed by atoms with Crippen molar-refractivity contribution in [3.63, 3.8) is 0 Å². The van der Waals surface area contributed by atoms with Crippen LogP contribution >= 0.6 is 15.9 Å². The normalized spacial score (nSPS) is 11.7. The van der Waals surface area contributed by atoms with Gasteiger partial charge in [-0.1, -0.05) is 47.1 Å². The molecule has 0 bridgehead atoms. The highest BCUT2D eigenvalue weighted by atomic mass is 79.9. The molecule has 0 amide bonds. The number of carbonyl (C=O) groups is 2. The zero-order valence-electron chi connectivity index (χ0n) is 16.1. The first kappa shape index (κ1) is 20.8. The van der Waals surface area contributed by atoms with E-state index in [0.29, 0.717) is 17.5 Å². The van der Waals surface area contributed by atoms with Crippen LogP contribution < -0.4 is 5.32 Å². The third-order valence-corrected chi connectivity index (χ3v) is 5.25. The summed E-state index contributed by atoms with van der Waals surface area (Å²) in [7, 11) is 0. The quantitative estimate of drug-likeness (QED) is 0.401. The Morgan fingerprint density at radius 3 is 2.00 bits per heavy atom. The average molecular weight is 452 g/mol. The van der Waals surface area contributed by atoms with Crippen molar-refractivity contribution >= 4 is 33.2 Å². The summed E-state index contributed by atoms with van der Waals surface area (Å²) in [4.78, 5) is 24.7. The van der Waals surface area contributed by atoms with E-state index in [0.717, 1.165) is 15.7 Å². The Kier molecular flexibility index (Phi) is 6.83. The van der Waals surface area contributed by atoms with E-state index in [-0.39, 0.29) is 29.8 Å². The molecule has 3 rings (SSSR count). The van der Waals surface area contributed by atoms with Gasteiger partial charge in [0.05, 0.1) is 6.04 Å². The monoisotopic (exact) mass is 451 g/mol. The van der Waals surface area contributed by atoms with Crippen LogP contribution in [0.3, 0.4) is 0 Å². The van der Waals surface area contributed by atoms with Crippen LogP contribution in [0.2, 0.25) is 0 Å². The SMILES string of the molecule is CCC(=O)c1ccc(N[C@H](CC(=O)c2ccc(Br)cc2)c2ccc(O)cc2)cc1. The van der Waals surface area contributed by atoms with Crippen molar-refractivity contribution in [2.45, 2.75) is 25.8 Å². The van der Waals surface area contributed by atoms with E-state index in [2.05, 4.69) is 21.2 Å². The van der Waals surface area contributed by atoms with E-state index in [9.17, 15) is 14.7 Å². The maximum atomic E-state index is 12.8. The van der Waals surface area contributed by atoms with E-state index >= 15 is 0 Å². The number of phenols is 1. The highest BCUT2D eigenvalue weighted by Gasteiger charge is 2.18. The Hall–Kier alpha value is -2.92.